The highest BCUT2D eigenvalue weighted by Crippen LogP contribution is 2.32. The molecule has 0 amide bonds. The Bertz CT molecular complexity index is 216. The van der Waals surface area contributed by atoms with Gasteiger partial charge in [0.1, 0.15) is 0 Å². The van der Waals surface area contributed by atoms with Gasteiger partial charge in [-0.1, -0.05) is 6.92 Å². The summed E-state index contributed by atoms with van der Waals surface area (Å²) in [6, 6.07) is 0. The fourth-order valence-corrected chi connectivity index (χ4v) is 2.95. The predicted molar refractivity (Wildman–Crippen MR) is 64.3 cm³/mol. The van der Waals surface area contributed by atoms with Gasteiger partial charge in [0.15, 0.2) is 0 Å². The standard InChI is InChI=1S/C13H25NO2/c1-11-2-6-13(16,7-3-11)10-14-8-4-12(15)5-9-14/h11-12,15-16H,2-10H2,1H3. The van der Waals surface area contributed by atoms with Gasteiger partial charge in [-0.05, 0) is 44.4 Å². The van der Waals surface area contributed by atoms with E-state index in [4.69, 9.17) is 0 Å². The molecule has 0 aromatic carbocycles. The topological polar surface area (TPSA) is 43.7 Å². The summed E-state index contributed by atoms with van der Waals surface area (Å²) in [6.07, 6.45) is 5.84. The maximum atomic E-state index is 10.5. The largest absolute Gasteiger partial charge is 0.393 e. The molecule has 1 heterocycles. The van der Waals surface area contributed by atoms with Crippen LogP contribution in [0.2, 0.25) is 0 Å². The molecule has 2 fully saturated rings. The van der Waals surface area contributed by atoms with E-state index in [1.54, 1.807) is 0 Å². The Hall–Kier alpha value is -0.120. The van der Waals surface area contributed by atoms with Crippen molar-refractivity contribution >= 4 is 0 Å². The lowest BCUT2D eigenvalue weighted by atomic mass is 9.79. The molecule has 0 aromatic heterocycles. The summed E-state index contributed by atoms with van der Waals surface area (Å²) in [5.74, 6) is 0.781. The second kappa shape index (κ2) is 5.03. The third-order valence-electron chi connectivity index (χ3n) is 4.28. The van der Waals surface area contributed by atoms with Crippen LogP contribution in [0.3, 0.4) is 0 Å². The van der Waals surface area contributed by atoms with Gasteiger partial charge in [-0.3, -0.25) is 0 Å². The first kappa shape index (κ1) is 12.3. The molecule has 0 radical (unpaired) electrons. The Kier molecular flexibility index (Phi) is 3.88. The van der Waals surface area contributed by atoms with E-state index in [0.29, 0.717) is 0 Å². The van der Waals surface area contributed by atoms with Crippen LogP contribution in [-0.2, 0) is 0 Å². The normalized spacial score (nSPS) is 38.8. The summed E-state index contributed by atoms with van der Waals surface area (Å²) in [7, 11) is 0. The van der Waals surface area contributed by atoms with E-state index in [1.807, 2.05) is 0 Å². The zero-order valence-corrected chi connectivity index (χ0v) is 10.4. The zero-order chi connectivity index (χ0) is 11.6. The van der Waals surface area contributed by atoms with Crippen LogP contribution in [-0.4, -0.2) is 46.5 Å². The van der Waals surface area contributed by atoms with Crippen molar-refractivity contribution in [3.63, 3.8) is 0 Å². The molecular formula is C13H25NO2. The Morgan fingerprint density at radius 1 is 1.12 bits per heavy atom. The van der Waals surface area contributed by atoms with Crippen molar-refractivity contribution in [2.75, 3.05) is 19.6 Å². The number of piperidine rings is 1. The summed E-state index contributed by atoms with van der Waals surface area (Å²) in [4.78, 5) is 2.32. The lowest BCUT2D eigenvalue weighted by Gasteiger charge is -2.40. The second-order valence-electron chi connectivity index (χ2n) is 5.91. The van der Waals surface area contributed by atoms with Crippen molar-refractivity contribution in [3.05, 3.63) is 0 Å². The van der Waals surface area contributed by atoms with Gasteiger partial charge >= 0.3 is 0 Å². The van der Waals surface area contributed by atoms with Crippen molar-refractivity contribution in [1.29, 1.82) is 0 Å². The quantitative estimate of drug-likeness (QED) is 0.749. The molecule has 0 unspecified atom stereocenters. The number of aliphatic hydroxyl groups excluding tert-OH is 1. The summed E-state index contributed by atoms with van der Waals surface area (Å²) in [5, 5.41) is 19.9. The van der Waals surface area contributed by atoms with Gasteiger partial charge in [-0.15, -0.1) is 0 Å². The predicted octanol–water partition coefficient (Wildman–Crippen LogP) is 1.38. The first-order chi connectivity index (χ1) is 7.57. The summed E-state index contributed by atoms with van der Waals surface area (Å²) >= 11 is 0. The number of hydrogen-bond donors (Lipinski definition) is 2. The van der Waals surface area contributed by atoms with Crippen LogP contribution in [0.15, 0.2) is 0 Å². The van der Waals surface area contributed by atoms with Gasteiger partial charge in [0, 0.05) is 19.6 Å². The van der Waals surface area contributed by atoms with Gasteiger partial charge in [0.05, 0.1) is 11.7 Å². The Labute approximate surface area is 98.5 Å². The molecule has 0 atom stereocenters. The summed E-state index contributed by atoms with van der Waals surface area (Å²) < 4.78 is 0. The molecule has 1 saturated carbocycles. The molecule has 2 rings (SSSR count). The molecule has 3 heteroatoms. The molecule has 1 saturated heterocycles. The highest BCUT2D eigenvalue weighted by atomic mass is 16.3. The van der Waals surface area contributed by atoms with Crippen LogP contribution in [0, 0.1) is 5.92 Å². The van der Waals surface area contributed by atoms with E-state index in [1.165, 1.54) is 0 Å². The van der Waals surface area contributed by atoms with Crippen LogP contribution < -0.4 is 0 Å². The lowest BCUT2D eigenvalue weighted by molar-refractivity contribution is -0.0458. The number of hydrogen-bond acceptors (Lipinski definition) is 3. The van der Waals surface area contributed by atoms with Crippen LogP contribution >= 0.6 is 0 Å². The third-order valence-corrected chi connectivity index (χ3v) is 4.28. The average Bonchev–Trinajstić information content (AvgIpc) is 2.27. The highest BCUT2D eigenvalue weighted by Gasteiger charge is 2.34. The Morgan fingerprint density at radius 3 is 2.25 bits per heavy atom. The van der Waals surface area contributed by atoms with Gasteiger partial charge in [-0.2, -0.15) is 0 Å². The monoisotopic (exact) mass is 227 g/mol. The average molecular weight is 227 g/mol. The third kappa shape index (κ3) is 3.19. The van der Waals surface area contributed by atoms with Gasteiger partial charge in [0.25, 0.3) is 0 Å². The van der Waals surface area contributed by atoms with Crippen molar-refractivity contribution in [1.82, 2.24) is 4.90 Å². The molecule has 0 bridgehead atoms. The van der Waals surface area contributed by atoms with Crippen molar-refractivity contribution < 1.29 is 10.2 Å². The van der Waals surface area contributed by atoms with Gasteiger partial charge < -0.3 is 15.1 Å². The zero-order valence-electron chi connectivity index (χ0n) is 10.4. The molecule has 2 aliphatic rings. The Morgan fingerprint density at radius 2 is 1.69 bits per heavy atom. The molecule has 94 valence electrons. The number of rotatable bonds is 2. The van der Waals surface area contributed by atoms with Gasteiger partial charge in [0.2, 0.25) is 0 Å². The first-order valence-electron chi connectivity index (χ1n) is 6.70. The minimum Gasteiger partial charge on any atom is -0.393 e. The maximum Gasteiger partial charge on any atom is 0.0774 e. The first-order valence-corrected chi connectivity index (χ1v) is 6.70. The van der Waals surface area contributed by atoms with Crippen molar-refractivity contribution in [2.24, 2.45) is 5.92 Å². The van der Waals surface area contributed by atoms with E-state index in [2.05, 4.69) is 11.8 Å². The van der Waals surface area contributed by atoms with E-state index in [9.17, 15) is 10.2 Å². The van der Waals surface area contributed by atoms with Crippen LogP contribution in [0.25, 0.3) is 0 Å². The second-order valence-corrected chi connectivity index (χ2v) is 5.91. The van der Waals surface area contributed by atoms with Crippen LogP contribution in [0.1, 0.15) is 45.4 Å². The maximum absolute atomic E-state index is 10.5. The smallest absolute Gasteiger partial charge is 0.0774 e. The summed E-state index contributed by atoms with van der Waals surface area (Å²) in [6.45, 7) is 4.97. The fourth-order valence-electron chi connectivity index (χ4n) is 2.95. The van der Waals surface area contributed by atoms with E-state index < -0.39 is 5.60 Å². The van der Waals surface area contributed by atoms with E-state index in [0.717, 1.165) is 64.1 Å². The molecule has 0 spiro atoms. The lowest BCUT2D eigenvalue weighted by Crippen LogP contribution is -2.48. The molecule has 16 heavy (non-hydrogen) atoms. The minimum atomic E-state index is -0.450. The molecule has 0 aromatic rings. The van der Waals surface area contributed by atoms with E-state index in [-0.39, 0.29) is 6.10 Å². The SMILES string of the molecule is CC1CCC(O)(CN2CCC(O)CC2)CC1. The molecular weight excluding hydrogens is 202 g/mol. The molecule has 2 N–H and O–H groups in total. The number of β-amino-alcohol motifs (C(OH)–C–C–N with tert-alkyl or cyclic N) is 1. The van der Waals surface area contributed by atoms with Crippen molar-refractivity contribution in [2.45, 2.75) is 57.2 Å². The number of aliphatic hydroxyl groups is 2. The highest BCUT2D eigenvalue weighted by molar-refractivity contribution is 4.88. The minimum absolute atomic E-state index is 0.114. The molecule has 3 nitrogen and oxygen atoms in total. The fraction of sp³-hybridized carbons (Fsp3) is 1.00. The molecule has 1 aliphatic heterocycles. The summed E-state index contributed by atoms with van der Waals surface area (Å²) in [5.41, 5.74) is -0.450. The number of nitrogens with zero attached hydrogens (tertiary/aromatic N) is 1. The van der Waals surface area contributed by atoms with Crippen molar-refractivity contribution in [3.8, 4) is 0 Å². The number of likely N-dealkylation sites (tertiary alicyclic amines) is 1. The van der Waals surface area contributed by atoms with Gasteiger partial charge in [-0.25, -0.2) is 0 Å². The molecule has 1 aliphatic carbocycles. The van der Waals surface area contributed by atoms with E-state index >= 15 is 0 Å². The van der Waals surface area contributed by atoms with Crippen LogP contribution in [0.5, 0.6) is 0 Å². The van der Waals surface area contributed by atoms with Crippen LogP contribution in [0.4, 0.5) is 0 Å². The Balaban J connectivity index is 1.80.